The highest BCUT2D eigenvalue weighted by Gasteiger charge is 2.61. The molecule has 4 aliphatic rings. The molecule has 0 radical (unpaired) electrons. The van der Waals surface area contributed by atoms with Crippen LogP contribution < -0.4 is 0 Å². The summed E-state index contributed by atoms with van der Waals surface area (Å²) in [7, 11) is 0. The molecule has 10 atom stereocenters. The summed E-state index contributed by atoms with van der Waals surface area (Å²) in [4.78, 5) is 0. The Morgan fingerprint density at radius 3 is 2.24 bits per heavy atom. The number of aliphatic hydroxyl groups excluding tert-OH is 2. The standard InChI is InChI=1S/C27H48O2/c1-17(2)7-6-8-18(3)21-11-12-22-20-9-10-24-25(29)15-19(28)16-27(24,5)23(20)13-14-26(21,22)4/h17-25,28-29H,6-16H2,1-5H3/t18-,19?,20+,21-,22+,23+,24+,25?,26-,27-/m1/s1. The molecule has 4 fully saturated rings. The van der Waals surface area contributed by atoms with Gasteiger partial charge in [0.2, 0.25) is 0 Å². The van der Waals surface area contributed by atoms with E-state index in [2.05, 4.69) is 34.6 Å². The summed E-state index contributed by atoms with van der Waals surface area (Å²) in [6.45, 7) is 12.4. The normalized spacial score (nSPS) is 50.7. The smallest absolute Gasteiger partial charge is 0.0598 e. The molecule has 2 N–H and O–H groups in total. The number of rotatable bonds is 5. The van der Waals surface area contributed by atoms with Gasteiger partial charge in [-0.05, 0) is 104 Å². The van der Waals surface area contributed by atoms with E-state index < -0.39 is 0 Å². The minimum absolute atomic E-state index is 0.155. The van der Waals surface area contributed by atoms with E-state index in [1.165, 1.54) is 57.8 Å². The quantitative estimate of drug-likeness (QED) is 0.553. The maximum absolute atomic E-state index is 10.7. The molecular weight excluding hydrogens is 356 g/mol. The van der Waals surface area contributed by atoms with Gasteiger partial charge in [0, 0.05) is 0 Å². The molecule has 4 rings (SSSR count). The molecule has 2 nitrogen and oxygen atoms in total. The topological polar surface area (TPSA) is 40.5 Å². The van der Waals surface area contributed by atoms with Crippen LogP contribution in [0.1, 0.15) is 105 Å². The van der Waals surface area contributed by atoms with Crippen LogP contribution in [0.3, 0.4) is 0 Å². The lowest BCUT2D eigenvalue weighted by molar-refractivity contribution is -0.167. The fourth-order valence-electron chi connectivity index (χ4n) is 9.48. The van der Waals surface area contributed by atoms with Crippen LogP contribution in [0.2, 0.25) is 0 Å². The van der Waals surface area contributed by atoms with E-state index in [4.69, 9.17) is 0 Å². The van der Waals surface area contributed by atoms with Gasteiger partial charge in [-0.2, -0.15) is 0 Å². The van der Waals surface area contributed by atoms with Crippen molar-refractivity contribution in [3.63, 3.8) is 0 Å². The van der Waals surface area contributed by atoms with Gasteiger partial charge in [-0.3, -0.25) is 0 Å². The highest BCUT2D eigenvalue weighted by atomic mass is 16.3. The molecule has 0 heterocycles. The molecule has 0 bridgehead atoms. The Morgan fingerprint density at radius 1 is 0.828 bits per heavy atom. The van der Waals surface area contributed by atoms with Crippen molar-refractivity contribution in [1.82, 2.24) is 0 Å². The number of aliphatic hydroxyl groups is 2. The SMILES string of the molecule is CC(C)CCC[C@@H](C)[C@H]1CC[C@H]2[C@@H]3CC[C@H]4C(O)CC(O)C[C@]4(C)[C@H]3CC[C@]12C. The van der Waals surface area contributed by atoms with Crippen molar-refractivity contribution < 1.29 is 10.2 Å². The van der Waals surface area contributed by atoms with Crippen LogP contribution in [0.15, 0.2) is 0 Å². The molecule has 29 heavy (non-hydrogen) atoms. The Labute approximate surface area is 180 Å². The average Bonchev–Trinajstić information content (AvgIpc) is 2.97. The molecule has 0 aliphatic heterocycles. The molecule has 2 unspecified atom stereocenters. The second kappa shape index (κ2) is 8.12. The van der Waals surface area contributed by atoms with Crippen molar-refractivity contribution in [3.05, 3.63) is 0 Å². The van der Waals surface area contributed by atoms with Gasteiger partial charge in [0.25, 0.3) is 0 Å². The first kappa shape index (κ1) is 22.1. The molecule has 0 aromatic rings. The zero-order valence-electron chi connectivity index (χ0n) is 19.9. The van der Waals surface area contributed by atoms with Crippen molar-refractivity contribution in [3.8, 4) is 0 Å². The lowest BCUT2D eigenvalue weighted by atomic mass is 9.44. The van der Waals surface area contributed by atoms with Gasteiger partial charge in [0.05, 0.1) is 12.2 Å². The van der Waals surface area contributed by atoms with Crippen LogP contribution in [0.5, 0.6) is 0 Å². The molecule has 0 saturated heterocycles. The van der Waals surface area contributed by atoms with Crippen molar-refractivity contribution in [2.75, 3.05) is 0 Å². The predicted molar refractivity (Wildman–Crippen MR) is 120 cm³/mol. The van der Waals surface area contributed by atoms with E-state index in [9.17, 15) is 10.2 Å². The van der Waals surface area contributed by atoms with E-state index in [1.54, 1.807) is 0 Å². The van der Waals surface area contributed by atoms with Gasteiger partial charge in [0.15, 0.2) is 0 Å². The van der Waals surface area contributed by atoms with Crippen LogP contribution in [0.4, 0.5) is 0 Å². The Hall–Kier alpha value is -0.0800. The Morgan fingerprint density at radius 2 is 1.52 bits per heavy atom. The van der Waals surface area contributed by atoms with Gasteiger partial charge in [0.1, 0.15) is 0 Å². The van der Waals surface area contributed by atoms with Gasteiger partial charge >= 0.3 is 0 Å². The van der Waals surface area contributed by atoms with Crippen molar-refractivity contribution in [2.45, 2.75) is 117 Å². The third kappa shape index (κ3) is 3.73. The molecule has 4 saturated carbocycles. The third-order valence-electron chi connectivity index (χ3n) is 10.8. The van der Waals surface area contributed by atoms with Gasteiger partial charge in [-0.15, -0.1) is 0 Å². The summed E-state index contributed by atoms with van der Waals surface area (Å²) < 4.78 is 0. The summed E-state index contributed by atoms with van der Waals surface area (Å²) in [6, 6.07) is 0. The van der Waals surface area contributed by atoms with Crippen LogP contribution in [0.25, 0.3) is 0 Å². The molecular formula is C27H48O2. The Bertz CT molecular complexity index is 573. The first-order chi connectivity index (χ1) is 13.7. The Kier molecular flexibility index (Phi) is 6.19. The summed E-state index contributed by atoms with van der Waals surface area (Å²) in [5, 5.41) is 21.2. The second-order valence-corrected chi connectivity index (χ2v) is 12.8. The van der Waals surface area contributed by atoms with Crippen LogP contribution in [0, 0.1) is 52.3 Å². The van der Waals surface area contributed by atoms with Crippen molar-refractivity contribution in [1.29, 1.82) is 0 Å². The van der Waals surface area contributed by atoms with E-state index in [-0.39, 0.29) is 17.6 Å². The van der Waals surface area contributed by atoms with Crippen molar-refractivity contribution in [2.24, 2.45) is 52.3 Å². The first-order valence-corrected chi connectivity index (χ1v) is 13.0. The number of hydrogen-bond donors (Lipinski definition) is 2. The lowest BCUT2D eigenvalue weighted by Gasteiger charge is -2.62. The van der Waals surface area contributed by atoms with E-state index in [1.807, 2.05) is 0 Å². The maximum atomic E-state index is 10.7. The summed E-state index contributed by atoms with van der Waals surface area (Å²) in [5.74, 6) is 5.47. The first-order valence-electron chi connectivity index (χ1n) is 13.0. The minimum Gasteiger partial charge on any atom is -0.393 e. The summed E-state index contributed by atoms with van der Waals surface area (Å²) >= 11 is 0. The molecule has 0 spiro atoms. The summed E-state index contributed by atoms with van der Waals surface area (Å²) in [6.07, 6.45) is 13.3. The fraction of sp³-hybridized carbons (Fsp3) is 1.00. The molecule has 0 aromatic carbocycles. The van der Waals surface area contributed by atoms with E-state index in [0.717, 1.165) is 41.9 Å². The maximum Gasteiger partial charge on any atom is 0.0598 e. The third-order valence-corrected chi connectivity index (χ3v) is 10.8. The van der Waals surface area contributed by atoms with Gasteiger partial charge in [-0.1, -0.05) is 53.9 Å². The number of hydrogen-bond acceptors (Lipinski definition) is 2. The Balaban J connectivity index is 1.49. The van der Waals surface area contributed by atoms with E-state index in [0.29, 0.717) is 17.8 Å². The lowest BCUT2D eigenvalue weighted by Crippen LogP contribution is -2.57. The highest BCUT2D eigenvalue weighted by molar-refractivity contribution is 5.11. The monoisotopic (exact) mass is 404 g/mol. The highest BCUT2D eigenvalue weighted by Crippen LogP contribution is 2.68. The van der Waals surface area contributed by atoms with Gasteiger partial charge < -0.3 is 10.2 Å². The molecule has 168 valence electrons. The zero-order valence-corrected chi connectivity index (χ0v) is 19.9. The molecule has 2 heteroatoms. The zero-order chi connectivity index (χ0) is 21.0. The largest absolute Gasteiger partial charge is 0.393 e. The van der Waals surface area contributed by atoms with Crippen LogP contribution in [-0.4, -0.2) is 22.4 Å². The summed E-state index contributed by atoms with van der Waals surface area (Å²) in [5.41, 5.74) is 0.690. The fourth-order valence-corrected chi connectivity index (χ4v) is 9.48. The van der Waals surface area contributed by atoms with Crippen LogP contribution >= 0.6 is 0 Å². The average molecular weight is 405 g/mol. The predicted octanol–water partition coefficient (Wildman–Crippen LogP) is 6.44. The van der Waals surface area contributed by atoms with E-state index >= 15 is 0 Å². The molecule has 0 aromatic heterocycles. The molecule has 4 aliphatic carbocycles. The second-order valence-electron chi connectivity index (χ2n) is 12.8. The van der Waals surface area contributed by atoms with Crippen LogP contribution in [-0.2, 0) is 0 Å². The van der Waals surface area contributed by atoms with Crippen molar-refractivity contribution >= 4 is 0 Å². The minimum atomic E-state index is -0.296. The number of fused-ring (bicyclic) bond motifs is 5. The molecule has 0 amide bonds. The van der Waals surface area contributed by atoms with Gasteiger partial charge in [-0.25, -0.2) is 0 Å².